The highest BCUT2D eigenvalue weighted by atomic mass is 32.1. The van der Waals surface area contributed by atoms with E-state index in [1.165, 1.54) is 0 Å². The molecule has 0 radical (unpaired) electrons. The maximum absolute atomic E-state index is 5.71. The molecule has 0 spiro atoms. The molecule has 88 valence electrons. The van der Waals surface area contributed by atoms with E-state index in [2.05, 4.69) is 16.9 Å². The van der Waals surface area contributed by atoms with Gasteiger partial charge >= 0.3 is 0 Å². The average molecular weight is 246 g/mol. The molecule has 2 rings (SSSR count). The van der Waals surface area contributed by atoms with Crippen LogP contribution in [0.2, 0.25) is 0 Å². The summed E-state index contributed by atoms with van der Waals surface area (Å²) in [7, 11) is 0. The normalized spacial score (nSPS) is 10.2. The number of para-hydroxylation sites is 1. The molecule has 1 N–H and O–H groups in total. The van der Waals surface area contributed by atoms with Crippen LogP contribution in [0.1, 0.15) is 13.3 Å². The van der Waals surface area contributed by atoms with Crippen molar-refractivity contribution in [3.63, 3.8) is 0 Å². The topological polar surface area (TPSA) is 37.9 Å². The Hall–Kier alpha value is -1.68. The fraction of sp³-hybridized carbons (Fsp3) is 0.231. The van der Waals surface area contributed by atoms with Crippen molar-refractivity contribution in [2.45, 2.75) is 13.3 Å². The Kier molecular flexibility index (Phi) is 3.88. The van der Waals surface area contributed by atoms with Gasteiger partial charge in [0.15, 0.2) is 0 Å². The van der Waals surface area contributed by atoms with Crippen molar-refractivity contribution < 1.29 is 4.74 Å². The minimum Gasteiger partial charge on any atom is -0.493 e. The first-order valence-electron chi connectivity index (χ1n) is 5.58. The van der Waals surface area contributed by atoms with Crippen molar-refractivity contribution in [2.75, 3.05) is 6.61 Å². The first-order chi connectivity index (χ1) is 8.31. The second-order valence-corrected chi connectivity index (χ2v) is 4.06. The van der Waals surface area contributed by atoms with Gasteiger partial charge in [0.25, 0.3) is 0 Å². The fourth-order valence-corrected chi connectivity index (χ4v) is 1.72. The molecule has 0 saturated carbocycles. The maximum atomic E-state index is 5.71. The van der Waals surface area contributed by atoms with E-state index in [1.54, 1.807) is 6.33 Å². The predicted molar refractivity (Wildman–Crippen MR) is 70.6 cm³/mol. The predicted octanol–water partition coefficient (Wildman–Crippen LogP) is 3.59. The Morgan fingerprint density at radius 3 is 2.94 bits per heavy atom. The Bertz CT molecular complexity index is 551. The number of nitrogens with one attached hydrogen (secondary N) is 1. The van der Waals surface area contributed by atoms with E-state index in [-0.39, 0.29) is 0 Å². The second-order valence-electron chi connectivity index (χ2n) is 3.64. The molecule has 1 heterocycles. The Morgan fingerprint density at radius 2 is 2.18 bits per heavy atom. The molecule has 0 unspecified atom stereocenters. The molecular formula is C13H14N2OS. The van der Waals surface area contributed by atoms with Crippen molar-refractivity contribution in [3.05, 3.63) is 41.3 Å². The molecule has 4 heteroatoms. The molecule has 17 heavy (non-hydrogen) atoms. The van der Waals surface area contributed by atoms with Crippen LogP contribution in [-0.4, -0.2) is 16.6 Å². The number of nitrogens with zero attached hydrogens (tertiary/aromatic N) is 1. The zero-order chi connectivity index (χ0) is 12.1. The number of rotatable bonds is 4. The van der Waals surface area contributed by atoms with E-state index < -0.39 is 0 Å². The lowest BCUT2D eigenvalue weighted by molar-refractivity contribution is 0.318. The third-order valence-corrected chi connectivity index (χ3v) is 2.54. The molecular weight excluding hydrogens is 232 g/mol. The third kappa shape index (κ3) is 2.91. The maximum Gasteiger partial charge on any atom is 0.130 e. The molecule has 0 aliphatic rings. The van der Waals surface area contributed by atoms with Crippen molar-refractivity contribution in [1.29, 1.82) is 0 Å². The van der Waals surface area contributed by atoms with Gasteiger partial charge in [-0.1, -0.05) is 31.3 Å². The van der Waals surface area contributed by atoms with Gasteiger partial charge in [-0.25, -0.2) is 4.98 Å². The highest BCUT2D eigenvalue weighted by molar-refractivity contribution is 7.71. The summed E-state index contributed by atoms with van der Waals surface area (Å²) >= 11 is 5.06. The summed E-state index contributed by atoms with van der Waals surface area (Å²) in [4.78, 5) is 7.06. The first-order valence-corrected chi connectivity index (χ1v) is 5.99. The van der Waals surface area contributed by atoms with Gasteiger partial charge in [-0.3, -0.25) is 0 Å². The summed E-state index contributed by atoms with van der Waals surface area (Å²) in [5.74, 6) is 0.867. The summed E-state index contributed by atoms with van der Waals surface area (Å²) in [6.07, 6.45) is 2.59. The lowest BCUT2D eigenvalue weighted by Crippen LogP contribution is -1.97. The smallest absolute Gasteiger partial charge is 0.130 e. The van der Waals surface area contributed by atoms with Crippen LogP contribution >= 0.6 is 12.2 Å². The lowest BCUT2D eigenvalue weighted by atomic mass is 10.1. The molecule has 1 aromatic carbocycles. The number of hydrogen-bond acceptors (Lipinski definition) is 3. The Labute approximate surface area is 105 Å². The van der Waals surface area contributed by atoms with Crippen LogP contribution in [0.15, 0.2) is 36.7 Å². The van der Waals surface area contributed by atoms with Crippen molar-refractivity contribution in [1.82, 2.24) is 9.97 Å². The fourth-order valence-electron chi connectivity index (χ4n) is 1.55. The summed E-state index contributed by atoms with van der Waals surface area (Å²) in [6.45, 7) is 2.80. The van der Waals surface area contributed by atoms with Crippen LogP contribution in [0.25, 0.3) is 11.3 Å². The van der Waals surface area contributed by atoms with Crippen LogP contribution in [0.5, 0.6) is 5.75 Å². The van der Waals surface area contributed by atoms with Gasteiger partial charge in [-0.2, -0.15) is 0 Å². The van der Waals surface area contributed by atoms with Gasteiger partial charge in [-0.05, 0) is 24.6 Å². The summed E-state index contributed by atoms with van der Waals surface area (Å²) in [5, 5.41) is 0. The average Bonchev–Trinajstić information content (AvgIpc) is 2.37. The molecule has 0 aliphatic heterocycles. The number of aromatic amines is 1. The van der Waals surface area contributed by atoms with Crippen LogP contribution in [-0.2, 0) is 0 Å². The van der Waals surface area contributed by atoms with Gasteiger partial charge in [0, 0.05) is 5.56 Å². The molecule has 1 aromatic heterocycles. The Morgan fingerprint density at radius 1 is 1.35 bits per heavy atom. The van der Waals surface area contributed by atoms with E-state index in [4.69, 9.17) is 17.0 Å². The number of aromatic nitrogens is 2. The van der Waals surface area contributed by atoms with Gasteiger partial charge in [0.1, 0.15) is 10.4 Å². The van der Waals surface area contributed by atoms with Crippen molar-refractivity contribution >= 4 is 12.2 Å². The van der Waals surface area contributed by atoms with Gasteiger partial charge in [0.2, 0.25) is 0 Å². The monoisotopic (exact) mass is 246 g/mol. The van der Waals surface area contributed by atoms with Crippen LogP contribution in [0.4, 0.5) is 0 Å². The Balaban J connectivity index is 2.40. The highest BCUT2D eigenvalue weighted by Gasteiger charge is 2.05. The van der Waals surface area contributed by atoms with E-state index in [1.807, 2.05) is 30.3 Å². The molecule has 0 atom stereocenters. The van der Waals surface area contributed by atoms with E-state index in [0.717, 1.165) is 23.4 Å². The molecule has 0 aliphatic carbocycles. The SMILES string of the molecule is CCCOc1ccccc1-c1cc(=S)nc[nH]1. The van der Waals surface area contributed by atoms with Crippen molar-refractivity contribution in [3.8, 4) is 17.0 Å². The number of benzene rings is 1. The molecule has 0 bridgehead atoms. The van der Waals surface area contributed by atoms with Gasteiger partial charge in [0.05, 0.1) is 18.6 Å². The molecule has 0 fully saturated rings. The second kappa shape index (κ2) is 5.59. The number of H-pyrrole nitrogens is 1. The molecule has 3 nitrogen and oxygen atoms in total. The molecule has 0 amide bonds. The third-order valence-electron chi connectivity index (χ3n) is 2.32. The quantitative estimate of drug-likeness (QED) is 0.838. The highest BCUT2D eigenvalue weighted by Crippen LogP contribution is 2.27. The first kappa shape index (κ1) is 11.8. The minimum absolute atomic E-state index is 0.573. The summed E-state index contributed by atoms with van der Waals surface area (Å²) < 4.78 is 6.28. The lowest BCUT2D eigenvalue weighted by Gasteiger charge is -2.10. The van der Waals surface area contributed by atoms with Crippen LogP contribution in [0.3, 0.4) is 0 Å². The van der Waals surface area contributed by atoms with Crippen molar-refractivity contribution in [2.24, 2.45) is 0 Å². The standard InChI is InChI=1S/C13H14N2OS/c1-2-7-16-12-6-4-3-5-10(12)11-8-13(17)15-9-14-11/h3-6,8-9H,2,7H2,1H3,(H,14,15,17). The van der Waals surface area contributed by atoms with Crippen LogP contribution in [0, 0.1) is 4.64 Å². The minimum atomic E-state index is 0.573. The molecule has 2 aromatic rings. The number of ether oxygens (including phenoxy) is 1. The molecule has 0 saturated heterocycles. The zero-order valence-electron chi connectivity index (χ0n) is 9.64. The zero-order valence-corrected chi connectivity index (χ0v) is 10.5. The number of hydrogen-bond donors (Lipinski definition) is 1. The summed E-state index contributed by atoms with van der Waals surface area (Å²) in [6, 6.07) is 9.74. The van der Waals surface area contributed by atoms with Crippen LogP contribution < -0.4 is 4.74 Å². The van der Waals surface area contributed by atoms with E-state index in [0.29, 0.717) is 11.2 Å². The summed E-state index contributed by atoms with van der Waals surface area (Å²) in [5.41, 5.74) is 1.94. The largest absolute Gasteiger partial charge is 0.493 e. The van der Waals surface area contributed by atoms with Gasteiger partial charge < -0.3 is 9.72 Å². The van der Waals surface area contributed by atoms with E-state index in [9.17, 15) is 0 Å². The van der Waals surface area contributed by atoms with Gasteiger partial charge in [-0.15, -0.1) is 0 Å². The van der Waals surface area contributed by atoms with E-state index >= 15 is 0 Å².